The van der Waals surface area contributed by atoms with Crippen molar-refractivity contribution in [2.24, 2.45) is 0 Å². The second-order valence-electron chi connectivity index (χ2n) is 9.43. The molecule has 2 aliphatic carbocycles. The lowest BCUT2D eigenvalue weighted by molar-refractivity contribution is -0.150. The molecule has 1 aliphatic heterocycles. The Kier molecular flexibility index (Phi) is 5.92. The fourth-order valence-corrected chi connectivity index (χ4v) is 5.00. The first-order valence-electron chi connectivity index (χ1n) is 11.8. The van der Waals surface area contributed by atoms with Crippen LogP contribution >= 0.6 is 0 Å². The van der Waals surface area contributed by atoms with Crippen LogP contribution in [-0.4, -0.2) is 77.1 Å². The highest BCUT2D eigenvalue weighted by atomic mass is 16.5. The number of rotatable bonds is 7. The Morgan fingerprint density at radius 2 is 1.63 bits per heavy atom. The summed E-state index contributed by atoms with van der Waals surface area (Å²) in [6, 6.07) is 16.2. The Bertz CT molecular complexity index is 1150. The van der Waals surface area contributed by atoms with Gasteiger partial charge in [0.25, 0.3) is 0 Å². The summed E-state index contributed by atoms with van der Waals surface area (Å²) >= 11 is 0. The zero-order valence-corrected chi connectivity index (χ0v) is 19.2. The minimum Gasteiger partial charge on any atom is -0.480 e. The van der Waals surface area contributed by atoms with Gasteiger partial charge in [0, 0.05) is 19.0 Å². The summed E-state index contributed by atoms with van der Waals surface area (Å²) in [6.45, 7) is 0.147. The van der Waals surface area contributed by atoms with Crippen molar-refractivity contribution < 1.29 is 29.0 Å². The molecule has 2 aromatic rings. The van der Waals surface area contributed by atoms with Crippen LogP contribution in [-0.2, 0) is 19.1 Å². The molecule has 3 aliphatic rings. The number of amides is 3. The average molecular weight is 478 g/mol. The minimum absolute atomic E-state index is 0.0435. The summed E-state index contributed by atoms with van der Waals surface area (Å²) in [4.78, 5) is 51.1. The molecule has 0 bridgehead atoms. The van der Waals surface area contributed by atoms with E-state index in [9.17, 15) is 19.2 Å². The first-order chi connectivity index (χ1) is 16.8. The Labute approximate surface area is 202 Å². The van der Waals surface area contributed by atoms with E-state index in [1.54, 1.807) is 0 Å². The van der Waals surface area contributed by atoms with Crippen LogP contribution in [0.2, 0.25) is 0 Å². The van der Waals surface area contributed by atoms with Crippen LogP contribution in [0.25, 0.3) is 11.1 Å². The lowest BCUT2D eigenvalue weighted by Gasteiger charge is -2.34. The highest BCUT2D eigenvalue weighted by Crippen LogP contribution is 2.44. The van der Waals surface area contributed by atoms with Gasteiger partial charge >= 0.3 is 12.1 Å². The van der Waals surface area contributed by atoms with Crippen LogP contribution in [0.3, 0.4) is 0 Å². The summed E-state index contributed by atoms with van der Waals surface area (Å²) in [7, 11) is 0. The number of hydrogen-bond donors (Lipinski definition) is 2. The summed E-state index contributed by atoms with van der Waals surface area (Å²) in [6.07, 6.45) is 0.856. The molecular formula is C26H27N3O6. The third kappa shape index (κ3) is 4.71. The summed E-state index contributed by atoms with van der Waals surface area (Å²) < 4.78 is 5.62. The molecule has 1 heterocycles. The number of fused-ring (bicyclic) bond motifs is 3. The zero-order chi connectivity index (χ0) is 24.6. The number of carboxylic acid groups (broad SMARTS) is 1. The van der Waals surface area contributed by atoms with Crippen LogP contribution in [0.1, 0.15) is 36.3 Å². The van der Waals surface area contributed by atoms with Crippen LogP contribution in [0.4, 0.5) is 4.79 Å². The van der Waals surface area contributed by atoms with Crippen LogP contribution < -0.4 is 5.32 Å². The Morgan fingerprint density at radius 3 is 2.20 bits per heavy atom. The van der Waals surface area contributed by atoms with Gasteiger partial charge in [0.1, 0.15) is 13.2 Å². The summed E-state index contributed by atoms with van der Waals surface area (Å²) in [5.41, 5.74) is 3.91. The average Bonchev–Trinajstić information content (AvgIpc) is 3.50. The van der Waals surface area contributed by atoms with Gasteiger partial charge in [0.15, 0.2) is 0 Å². The molecule has 3 amide bonds. The van der Waals surface area contributed by atoms with Crippen molar-refractivity contribution in [1.82, 2.24) is 15.1 Å². The van der Waals surface area contributed by atoms with Crippen molar-refractivity contribution in [3.05, 3.63) is 59.7 Å². The van der Waals surface area contributed by atoms with E-state index in [1.165, 1.54) is 9.80 Å². The number of nitrogens with zero attached hydrogens (tertiary/aromatic N) is 2. The summed E-state index contributed by atoms with van der Waals surface area (Å²) in [5, 5.41) is 11.8. The van der Waals surface area contributed by atoms with Gasteiger partial charge < -0.3 is 25.0 Å². The van der Waals surface area contributed by atoms with E-state index in [4.69, 9.17) is 9.84 Å². The number of benzene rings is 2. The number of aliphatic carboxylic acids is 1. The molecule has 9 nitrogen and oxygen atoms in total. The normalized spacial score (nSPS) is 18.0. The molecule has 1 saturated carbocycles. The minimum atomic E-state index is -1.08. The SMILES string of the molecule is O=C(O)CN1CCN(C(=O)CC2(NC(=O)OCC3c4ccccc4-c4ccccc43)CC2)CC1=O. The van der Waals surface area contributed by atoms with E-state index in [2.05, 4.69) is 29.6 Å². The summed E-state index contributed by atoms with van der Waals surface area (Å²) in [5.74, 6) is -1.74. The van der Waals surface area contributed by atoms with Crippen LogP contribution in [0.15, 0.2) is 48.5 Å². The van der Waals surface area contributed by atoms with Crippen molar-refractivity contribution in [2.75, 3.05) is 32.8 Å². The molecule has 1 saturated heterocycles. The van der Waals surface area contributed by atoms with Gasteiger partial charge in [-0.2, -0.15) is 0 Å². The van der Waals surface area contributed by atoms with Crippen molar-refractivity contribution in [1.29, 1.82) is 0 Å². The van der Waals surface area contributed by atoms with Crippen molar-refractivity contribution >= 4 is 23.9 Å². The molecule has 0 unspecified atom stereocenters. The fraction of sp³-hybridized carbons (Fsp3) is 0.385. The lowest BCUT2D eigenvalue weighted by atomic mass is 9.98. The number of ether oxygens (including phenoxy) is 1. The van der Waals surface area contributed by atoms with E-state index in [0.717, 1.165) is 22.3 Å². The maximum atomic E-state index is 12.8. The largest absolute Gasteiger partial charge is 0.480 e. The Balaban J connectivity index is 1.15. The highest BCUT2D eigenvalue weighted by molar-refractivity contribution is 5.89. The van der Waals surface area contributed by atoms with E-state index in [0.29, 0.717) is 12.8 Å². The predicted molar refractivity (Wildman–Crippen MR) is 126 cm³/mol. The van der Waals surface area contributed by atoms with Crippen molar-refractivity contribution in [3.63, 3.8) is 0 Å². The van der Waals surface area contributed by atoms with E-state index in [1.807, 2.05) is 24.3 Å². The maximum Gasteiger partial charge on any atom is 0.407 e. The first kappa shape index (κ1) is 22.9. The number of carbonyl (C=O) groups excluding carboxylic acids is 3. The Morgan fingerprint density at radius 1 is 1.00 bits per heavy atom. The van der Waals surface area contributed by atoms with Gasteiger partial charge in [-0.15, -0.1) is 0 Å². The fourth-order valence-electron chi connectivity index (χ4n) is 5.00. The third-order valence-corrected chi connectivity index (χ3v) is 7.05. The monoisotopic (exact) mass is 477 g/mol. The molecule has 0 spiro atoms. The molecule has 2 N–H and O–H groups in total. The van der Waals surface area contributed by atoms with Crippen LogP contribution in [0, 0.1) is 0 Å². The van der Waals surface area contributed by atoms with Crippen molar-refractivity contribution in [2.45, 2.75) is 30.7 Å². The second kappa shape index (κ2) is 9.05. The van der Waals surface area contributed by atoms with Gasteiger partial charge in [-0.1, -0.05) is 48.5 Å². The first-order valence-corrected chi connectivity index (χ1v) is 11.8. The quantitative estimate of drug-likeness (QED) is 0.632. The molecule has 35 heavy (non-hydrogen) atoms. The number of hydrogen-bond acceptors (Lipinski definition) is 5. The topological polar surface area (TPSA) is 116 Å². The number of alkyl carbamates (subject to hydrolysis) is 1. The predicted octanol–water partition coefficient (Wildman–Crippen LogP) is 2.20. The smallest absolute Gasteiger partial charge is 0.407 e. The van der Waals surface area contributed by atoms with Gasteiger partial charge in [-0.25, -0.2) is 4.79 Å². The van der Waals surface area contributed by atoms with Gasteiger partial charge in [-0.3, -0.25) is 14.4 Å². The number of carbonyl (C=O) groups is 4. The molecule has 2 fully saturated rings. The van der Waals surface area contributed by atoms with Gasteiger partial charge in [-0.05, 0) is 35.1 Å². The lowest BCUT2D eigenvalue weighted by Crippen LogP contribution is -2.54. The Hall–Kier alpha value is -3.88. The molecule has 0 aromatic heterocycles. The highest BCUT2D eigenvalue weighted by Gasteiger charge is 2.47. The molecule has 182 valence electrons. The van der Waals surface area contributed by atoms with Crippen LogP contribution in [0.5, 0.6) is 0 Å². The molecule has 2 aromatic carbocycles. The molecule has 0 radical (unpaired) electrons. The maximum absolute atomic E-state index is 12.8. The molecule has 0 atom stereocenters. The second-order valence-corrected chi connectivity index (χ2v) is 9.43. The molecular weight excluding hydrogens is 450 g/mol. The van der Waals surface area contributed by atoms with Crippen molar-refractivity contribution in [3.8, 4) is 11.1 Å². The van der Waals surface area contributed by atoms with Gasteiger partial charge in [0.2, 0.25) is 11.8 Å². The van der Waals surface area contributed by atoms with E-state index >= 15 is 0 Å². The standard InChI is InChI=1S/C26H27N3O6/c30-22(28-11-12-29(15-24(32)33)23(31)14-28)13-26(9-10-26)27-25(34)35-16-21-19-7-3-1-5-17(19)18-6-2-4-8-20(18)21/h1-8,21H,9-16H2,(H,27,34)(H,32,33). The number of nitrogens with one attached hydrogen (secondary N) is 1. The van der Waals surface area contributed by atoms with E-state index < -0.39 is 17.6 Å². The molecule has 9 heteroatoms. The van der Waals surface area contributed by atoms with E-state index in [-0.39, 0.29) is 56.9 Å². The van der Waals surface area contributed by atoms with Gasteiger partial charge in [0.05, 0.1) is 18.5 Å². The number of piperazine rings is 1. The number of carboxylic acids is 1. The molecule has 5 rings (SSSR count). The third-order valence-electron chi connectivity index (χ3n) is 7.05. The zero-order valence-electron chi connectivity index (χ0n) is 19.2.